The van der Waals surface area contributed by atoms with E-state index in [9.17, 15) is 4.79 Å². The van der Waals surface area contributed by atoms with Crippen LogP contribution in [0.4, 0.5) is 0 Å². The second-order valence-electron chi connectivity index (χ2n) is 5.78. The first-order valence-corrected chi connectivity index (χ1v) is 8.86. The van der Waals surface area contributed by atoms with Gasteiger partial charge in [0.2, 0.25) is 0 Å². The highest BCUT2D eigenvalue weighted by Crippen LogP contribution is 2.31. The molecular formula is C17H17N5OS. The van der Waals surface area contributed by atoms with Crippen molar-refractivity contribution in [3.63, 3.8) is 0 Å². The molecule has 1 aromatic carbocycles. The second kappa shape index (κ2) is 6.60. The Morgan fingerprint density at radius 2 is 1.88 bits per heavy atom. The number of rotatable bonds is 2. The summed E-state index contributed by atoms with van der Waals surface area (Å²) in [4.78, 5) is 19.2. The van der Waals surface area contributed by atoms with Crippen LogP contribution >= 0.6 is 11.8 Å². The number of amides is 1. The summed E-state index contributed by atoms with van der Waals surface area (Å²) in [5.74, 6) is -0.185. The Bertz CT molecular complexity index is 805. The molecular weight excluding hydrogens is 322 g/mol. The number of aromatic nitrogens is 3. The number of carbonyl (C=O) groups is 1. The first-order valence-electron chi connectivity index (χ1n) is 8.05. The van der Waals surface area contributed by atoms with Gasteiger partial charge >= 0.3 is 0 Å². The number of para-hydroxylation sites is 1. The van der Waals surface area contributed by atoms with Crippen LogP contribution in [0.1, 0.15) is 25.0 Å². The van der Waals surface area contributed by atoms with Gasteiger partial charge in [-0.05, 0) is 49.2 Å². The fraction of sp³-hybridized carbons (Fsp3) is 0.294. The van der Waals surface area contributed by atoms with Gasteiger partial charge in [0, 0.05) is 13.1 Å². The van der Waals surface area contributed by atoms with Crippen molar-refractivity contribution in [1.82, 2.24) is 19.9 Å². The highest BCUT2D eigenvalue weighted by atomic mass is 32.2. The van der Waals surface area contributed by atoms with Crippen molar-refractivity contribution in [2.75, 3.05) is 13.1 Å². The maximum Gasteiger partial charge on any atom is 0.286 e. The molecule has 0 spiro atoms. The molecule has 0 unspecified atom stereocenters. The molecule has 1 aromatic heterocycles. The SMILES string of the molecule is O=C1N=C(N2CCCCC2)S/C1=C/c1cn(-c2ccccc2)nn1. The third kappa shape index (κ3) is 3.12. The molecule has 2 aliphatic rings. The molecule has 0 bridgehead atoms. The van der Waals surface area contributed by atoms with Gasteiger partial charge in [-0.25, -0.2) is 4.68 Å². The fourth-order valence-electron chi connectivity index (χ4n) is 2.80. The van der Waals surface area contributed by atoms with Crippen molar-refractivity contribution < 1.29 is 4.79 Å². The number of piperidine rings is 1. The van der Waals surface area contributed by atoms with E-state index in [0.29, 0.717) is 10.6 Å². The molecule has 7 heteroatoms. The van der Waals surface area contributed by atoms with E-state index in [1.54, 1.807) is 10.8 Å². The second-order valence-corrected chi connectivity index (χ2v) is 6.79. The molecule has 122 valence electrons. The highest BCUT2D eigenvalue weighted by Gasteiger charge is 2.27. The Kier molecular flexibility index (Phi) is 4.17. The zero-order valence-electron chi connectivity index (χ0n) is 13.1. The number of likely N-dealkylation sites (tertiary alicyclic amines) is 1. The summed E-state index contributed by atoms with van der Waals surface area (Å²) in [5, 5.41) is 9.07. The van der Waals surface area contributed by atoms with Gasteiger partial charge in [-0.3, -0.25) is 4.79 Å². The number of carbonyl (C=O) groups excluding carboxylic acids is 1. The molecule has 0 saturated carbocycles. The van der Waals surface area contributed by atoms with Crippen molar-refractivity contribution in [3.8, 4) is 5.69 Å². The quantitative estimate of drug-likeness (QED) is 0.787. The lowest BCUT2D eigenvalue weighted by molar-refractivity contribution is -0.113. The largest absolute Gasteiger partial charge is 0.351 e. The Morgan fingerprint density at radius 1 is 1.08 bits per heavy atom. The van der Waals surface area contributed by atoms with Crippen molar-refractivity contribution in [1.29, 1.82) is 0 Å². The van der Waals surface area contributed by atoms with Gasteiger partial charge in [-0.15, -0.1) is 5.10 Å². The average molecular weight is 339 g/mol. The molecule has 2 aliphatic heterocycles. The number of amidine groups is 1. The number of benzene rings is 1. The summed E-state index contributed by atoms with van der Waals surface area (Å²) in [7, 11) is 0. The van der Waals surface area contributed by atoms with E-state index in [0.717, 1.165) is 36.8 Å². The number of aliphatic imine (C=N–C) groups is 1. The van der Waals surface area contributed by atoms with Crippen molar-refractivity contribution in [3.05, 3.63) is 47.1 Å². The third-order valence-corrected chi connectivity index (χ3v) is 5.09. The summed E-state index contributed by atoms with van der Waals surface area (Å²) < 4.78 is 1.70. The minimum Gasteiger partial charge on any atom is -0.351 e. The minimum absolute atomic E-state index is 0.185. The number of nitrogens with zero attached hydrogens (tertiary/aromatic N) is 5. The van der Waals surface area contributed by atoms with Crippen LogP contribution in [0.2, 0.25) is 0 Å². The van der Waals surface area contributed by atoms with E-state index in [1.807, 2.05) is 36.5 Å². The third-order valence-electron chi connectivity index (χ3n) is 4.05. The highest BCUT2D eigenvalue weighted by molar-refractivity contribution is 8.18. The Balaban J connectivity index is 1.50. The van der Waals surface area contributed by atoms with Crippen molar-refractivity contribution in [2.24, 2.45) is 4.99 Å². The lowest BCUT2D eigenvalue weighted by Gasteiger charge is -2.27. The zero-order valence-corrected chi connectivity index (χ0v) is 13.9. The van der Waals surface area contributed by atoms with Crippen LogP contribution in [0.5, 0.6) is 0 Å². The number of thioether (sulfide) groups is 1. The molecule has 0 N–H and O–H groups in total. The standard InChI is InChI=1S/C17H17N5OS/c23-16-15(24-17(18-16)21-9-5-2-6-10-21)11-13-12-22(20-19-13)14-7-3-1-4-8-14/h1,3-4,7-8,11-12H,2,5-6,9-10H2/b15-11+. The molecule has 2 aromatic rings. The molecule has 4 rings (SSSR count). The van der Waals surface area contributed by atoms with Gasteiger partial charge in [0.15, 0.2) is 5.17 Å². The first-order chi connectivity index (χ1) is 11.8. The van der Waals surface area contributed by atoms with E-state index >= 15 is 0 Å². The van der Waals surface area contributed by atoms with Gasteiger partial charge in [-0.2, -0.15) is 4.99 Å². The van der Waals surface area contributed by atoms with Gasteiger partial charge in [0.05, 0.1) is 16.8 Å². The Labute approximate surface area is 144 Å². The summed E-state index contributed by atoms with van der Waals surface area (Å²) in [5.41, 5.74) is 1.59. The molecule has 0 atom stereocenters. The zero-order chi connectivity index (χ0) is 16.4. The summed E-state index contributed by atoms with van der Waals surface area (Å²) >= 11 is 1.44. The van der Waals surface area contributed by atoms with E-state index in [1.165, 1.54) is 18.2 Å². The maximum atomic E-state index is 12.2. The summed E-state index contributed by atoms with van der Waals surface area (Å²) in [6, 6.07) is 9.77. The van der Waals surface area contributed by atoms with Crippen LogP contribution in [-0.2, 0) is 4.79 Å². The normalized spacial score (nSPS) is 19.8. The van der Waals surface area contributed by atoms with Crippen LogP contribution in [0.25, 0.3) is 11.8 Å². The van der Waals surface area contributed by atoms with E-state index in [-0.39, 0.29) is 5.91 Å². The predicted molar refractivity (Wildman–Crippen MR) is 94.8 cm³/mol. The van der Waals surface area contributed by atoms with Gasteiger partial charge in [0.1, 0.15) is 5.69 Å². The number of hydrogen-bond acceptors (Lipinski definition) is 5. The average Bonchev–Trinajstić information content (AvgIpc) is 3.24. The molecule has 6 nitrogen and oxygen atoms in total. The number of hydrogen-bond donors (Lipinski definition) is 0. The lowest BCUT2D eigenvalue weighted by Crippen LogP contribution is -2.33. The van der Waals surface area contributed by atoms with E-state index in [4.69, 9.17) is 0 Å². The summed E-state index contributed by atoms with van der Waals surface area (Å²) in [6.45, 7) is 1.97. The van der Waals surface area contributed by atoms with Crippen LogP contribution in [0, 0.1) is 0 Å². The van der Waals surface area contributed by atoms with Crippen molar-refractivity contribution >= 4 is 28.9 Å². The topological polar surface area (TPSA) is 63.4 Å². The van der Waals surface area contributed by atoms with Gasteiger partial charge in [-0.1, -0.05) is 23.4 Å². The summed E-state index contributed by atoms with van der Waals surface area (Å²) in [6.07, 6.45) is 7.17. The molecule has 1 saturated heterocycles. The predicted octanol–water partition coefficient (Wildman–Crippen LogP) is 2.72. The molecule has 0 radical (unpaired) electrons. The molecule has 1 fully saturated rings. The first kappa shape index (κ1) is 15.1. The molecule has 0 aliphatic carbocycles. The van der Waals surface area contributed by atoms with Crippen LogP contribution in [0.15, 0.2) is 46.4 Å². The van der Waals surface area contributed by atoms with E-state index in [2.05, 4.69) is 20.2 Å². The van der Waals surface area contributed by atoms with Gasteiger partial charge in [0.25, 0.3) is 5.91 Å². The Morgan fingerprint density at radius 3 is 2.67 bits per heavy atom. The molecule has 24 heavy (non-hydrogen) atoms. The van der Waals surface area contributed by atoms with Crippen LogP contribution in [0.3, 0.4) is 0 Å². The molecule has 3 heterocycles. The fourth-order valence-corrected chi connectivity index (χ4v) is 3.75. The van der Waals surface area contributed by atoms with Gasteiger partial charge < -0.3 is 4.90 Å². The van der Waals surface area contributed by atoms with Crippen LogP contribution < -0.4 is 0 Å². The van der Waals surface area contributed by atoms with Crippen molar-refractivity contribution in [2.45, 2.75) is 19.3 Å². The molecule has 1 amide bonds. The lowest BCUT2D eigenvalue weighted by atomic mass is 10.1. The maximum absolute atomic E-state index is 12.2. The monoisotopic (exact) mass is 339 g/mol. The van der Waals surface area contributed by atoms with Crippen LogP contribution in [-0.4, -0.2) is 44.1 Å². The minimum atomic E-state index is -0.185. The van der Waals surface area contributed by atoms with E-state index < -0.39 is 0 Å². The smallest absolute Gasteiger partial charge is 0.286 e. The Hall–Kier alpha value is -2.41.